The summed E-state index contributed by atoms with van der Waals surface area (Å²) in [6.07, 6.45) is 7.16. The fourth-order valence-corrected chi connectivity index (χ4v) is 0.744. The zero-order valence-corrected chi connectivity index (χ0v) is 5.90. The molecule has 0 spiro atoms. The Labute approximate surface area is 57.0 Å². The first-order valence-electron chi connectivity index (χ1n) is 3.61. The van der Waals surface area contributed by atoms with E-state index < -0.39 is 0 Å². The number of rotatable bonds is 6. The maximum absolute atomic E-state index is 6.73. The Hall–Kier alpha value is -0.370. The Morgan fingerprint density at radius 3 is 2.33 bits per heavy atom. The maximum atomic E-state index is 6.73. The molecule has 0 bridgehead atoms. The highest BCUT2D eigenvalue weighted by atomic mass is 14.5. The van der Waals surface area contributed by atoms with Gasteiger partial charge in [-0.25, -0.2) is 0 Å². The van der Waals surface area contributed by atoms with Gasteiger partial charge in [-0.05, 0) is 32.0 Å². The van der Waals surface area contributed by atoms with Gasteiger partial charge in [-0.3, -0.25) is 0 Å². The van der Waals surface area contributed by atoms with E-state index in [0.717, 1.165) is 25.8 Å². The molecular weight excluding hydrogens is 112 g/mol. The predicted molar refractivity (Wildman–Crippen MR) is 40.9 cm³/mol. The summed E-state index contributed by atoms with van der Waals surface area (Å²) < 4.78 is 0. The van der Waals surface area contributed by atoms with Crippen molar-refractivity contribution in [1.29, 1.82) is 5.41 Å². The van der Waals surface area contributed by atoms with Crippen molar-refractivity contribution >= 4 is 6.21 Å². The van der Waals surface area contributed by atoms with E-state index in [4.69, 9.17) is 11.1 Å². The minimum absolute atomic E-state index is 0.810. The lowest BCUT2D eigenvalue weighted by Gasteiger charge is -1.94. The van der Waals surface area contributed by atoms with Crippen LogP contribution in [0.5, 0.6) is 0 Å². The Bertz CT molecular complexity index is 61.9. The molecule has 0 aliphatic heterocycles. The van der Waals surface area contributed by atoms with Gasteiger partial charge in [0, 0.05) is 0 Å². The van der Waals surface area contributed by atoms with Gasteiger partial charge >= 0.3 is 0 Å². The van der Waals surface area contributed by atoms with Crippen LogP contribution in [0.15, 0.2) is 0 Å². The van der Waals surface area contributed by atoms with Gasteiger partial charge in [0.25, 0.3) is 0 Å². The molecule has 0 fully saturated rings. The summed E-state index contributed by atoms with van der Waals surface area (Å²) in [5.41, 5.74) is 5.30. The average molecular weight is 128 g/mol. The third kappa shape index (κ3) is 7.63. The smallest absolute Gasteiger partial charge is 0.00477 e. The molecule has 0 saturated heterocycles. The van der Waals surface area contributed by atoms with Crippen LogP contribution < -0.4 is 5.73 Å². The first-order valence-corrected chi connectivity index (χ1v) is 3.61. The summed E-state index contributed by atoms with van der Waals surface area (Å²) >= 11 is 0. The molecule has 0 aliphatic carbocycles. The van der Waals surface area contributed by atoms with Crippen molar-refractivity contribution in [3.8, 4) is 0 Å². The van der Waals surface area contributed by atoms with E-state index in [1.807, 2.05) is 0 Å². The molecule has 0 rings (SSSR count). The molecule has 2 heteroatoms. The second-order valence-corrected chi connectivity index (χ2v) is 2.20. The summed E-state index contributed by atoms with van der Waals surface area (Å²) in [6.45, 7) is 0.810. The van der Waals surface area contributed by atoms with Crippen molar-refractivity contribution in [3.05, 3.63) is 0 Å². The van der Waals surface area contributed by atoms with Crippen molar-refractivity contribution in [1.82, 2.24) is 0 Å². The average Bonchev–Trinajstić information content (AvgIpc) is 1.89. The van der Waals surface area contributed by atoms with Crippen LogP contribution in [-0.2, 0) is 0 Å². The number of hydrogen-bond acceptors (Lipinski definition) is 2. The standard InChI is InChI=1S/C7H16N2/c8-6-4-2-1-3-5-7-9/h6,8H,1-5,7,9H2. The lowest BCUT2D eigenvalue weighted by atomic mass is 10.1. The Morgan fingerprint density at radius 2 is 1.78 bits per heavy atom. The molecule has 0 aliphatic rings. The molecule has 54 valence electrons. The van der Waals surface area contributed by atoms with Gasteiger partial charge in [0.1, 0.15) is 0 Å². The van der Waals surface area contributed by atoms with Crippen LogP contribution >= 0.6 is 0 Å². The van der Waals surface area contributed by atoms with Crippen molar-refractivity contribution in [2.75, 3.05) is 6.54 Å². The topological polar surface area (TPSA) is 49.9 Å². The molecule has 0 aromatic carbocycles. The minimum atomic E-state index is 0.810. The summed E-state index contributed by atoms with van der Waals surface area (Å²) in [7, 11) is 0. The number of nitrogens with one attached hydrogen (secondary N) is 1. The van der Waals surface area contributed by atoms with Crippen LogP contribution in [0.3, 0.4) is 0 Å². The lowest BCUT2D eigenvalue weighted by molar-refractivity contribution is 0.661. The van der Waals surface area contributed by atoms with E-state index >= 15 is 0 Å². The highest BCUT2D eigenvalue weighted by molar-refractivity contribution is 5.52. The van der Waals surface area contributed by atoms with Crippen LogP contribution in [0.4, 0.5) is 0 Å². The summed E-state index contributed by atoms with van der Waals surface area (Å²) in [5, 5.41) is 6.73. The van der Waals surface area contributed by atoms with E-state index in [2.05, 4.69) is 0 Å². The Morgan fingerprint density at radius 1 is 1.11 bits per heavy atom. The second kappa shape index (κ2) is 7.63. The molecular formula is C7H16N2. The molecule has 0 saturated carbocycles. The Kier molecular flexibility index (Phi) is 7.32. The van der Waals surface area contributed by atoms with Crippen molar-refractivity contribution in [2.24, 2.45) is 5.73 Å². The van der Waals surface area contributed by atoms with Gasteiger partial charge in [-0.1, -0.05) is 12.8 Å². The zero-order chi connectivity index (χ0) is 6.95. The summed E-state index contributed by atoms with van der Waals surface area (Å²) in [6, 6.07) is 0. The molecule has 2 nitrogen and oxygen atoms in total. The summed E-state index contributed by atoms with van der Waals surface area (Å²) in [5.74, 6) is 0. The van der Waals surface area contributed by atoms with Crippen LogP contribution in [0.2, 0.25) is 0 Å². The SMILES string of the molecule is N=CCCCCCCN. The molecule has 0 heterocycles. The first kappa shape index (κ1) is 8.63. The van der Waals surface area contributed by atoms with Gasteiger partial charge in [0.15, 0.2) is 0 Å². The normalized spacial score (nSPS) is 9.44. The third-order valence-corrected chi connectivity index (χ3v) is 1.30. The van der Waals surface area contributed by atoms with Gasteiger partial charge in [-0.2, -0.15) is 0 Å². The predicted octanol–water partition coefficient (Wildman–Crippen LogP) is 1.55. The largest absolute Gasteiger partial charge is 0.330 e. The zero-order valence-electron chi connectivity index (χ0n) is 5.90. The van der Waals surface area contributed by atoms with Crippen molar-refractivity contribution in [3.63, 3.8) is 0 Å². The molecule has 3 N–H and O–H groups in total. The number of nitrogens with two attached hydrogens (primary N) is 1. The van der Waals surface area contributed by atoms with Gasteiger partial charge in [0.2, 0.25) is 0 Å². The van der Waals surface area contributed by atoms with Crippen molar-refractivity contribution < 1.29 is 0 Å². The first-order chi connectivity index (χ1) is 4.41. The Balaban J connectivity index is 2.66. The molecule has 9 heavy (non-hydrogen) atoms. The van der Waals surface area contributed by atoms with Crippen LogP contribution in [-0.4, -0.2) is 12.8 Å². The summed E-state index contributed by atoms with van der Waals surface area (Å²) in [4.78, 5) is 0. The quantitative estimate of drug-likeness (QED) is 0.414. The highest BCUT2D eigenvalue weighted by Crippen LogP contribution is 1.99. The number of hydrogen-bond donors (Lipinski definition) is 2. The number of unbranched alkanes of at least 4 members (excludes halogenated alkanes) is 4. The second-order valence-electron chi connectivity index (χ2n) is 2.20. The van der Waals surface area contributed by atoms with Gasteiger partial charge in [-0.15, -0.1) is 0 Å². The van der Waals surface area contributed by atoms with Crippen LogP contribution in [0, 0.1) is 5.41 Å². The molecule has 0 radical (unpaired) electrons. The molecule has 0 aromatic heterocycles. The fraction of sp³-hybridized carbons (Fsp3) is 0.857. The molecule has 0 amide bonds. The van der Waals surface area contributed by atoms with E-state index in [-0.39, 0.29) is 0 Å². The fourth-order valence-electron chi connectivity index (χ4n) is 0.744. The monoisotopic (exact) mass is 128 g/mol. The highest BCUT2D eigenvalue weighted by Gasteiger charge is 1.85. The van der Waals surface area contributed by atoms with Gasteiger partial charge in [0.05, 0.1) is 0 Å². The molecule has 0 unspecified atom stereocenters. The van der Waals surface area contributed by atoms with E-state index in [0.29, 0.717) is 0 Å². The van der Waals surface area contributed by atoms with Gasteiger partial charge < -0.3 is 11.1 Å². The lowest BCUT2D eigenvalue weighted by Crippen LogP contribution is -1.97. The maximum Gasteiger partial charge on any atom is -0.00477 e. The van der Waals surface area contributed by atoms with E-state index in [1.54, 1.807) is 0 Å². The van der Waals surface area contributed by atoms with Crippen molar-refractivity contribution in [2.45, 2.75) is 32.1 Å². The van der Waals surface area contributed by atoms with E-state index in [9.17, 15) is 0 Å². The van der Waals surface area contributed by atoms with Crippen LogP contribution in [0.1, 0.15) is 32.1 Å². The molecule has 0 aromatic rings. The van der Waals surface area contributed by atoms with Crippen LogP contribution in [0.25, 0.3) is 0 Å². The minimum Gasteiger partial charge on any atom is -0.330 e. The van der Waals surface area contributed by atoms with E-state index in [1.165, 1.54) is 19.1 Å². The third-order valence-electron chi connectivity index (χ3n) is 1.30. The molecule has 0 atom stereocenters.